The third-order valence-electron chi connectivity index (χ3n) is 3.73. The number of hydrogen-bond acceptors (Lipinski definition) is 4. The highest BCUT2D eigenvalue weighted by atomic mass is 19.1. The smallest absolute Gasteiger partial charge is 0.326 e. The molecule has 7 nitrogen and oxygen atoms in total. The van der Waals surface area contributed by atoms with Crippen LogP contribution in [0.4, 0.5) is 4.39 Å². The van der Waals surface area contributed by atoms with Crippen LogP contribution in [0.5, 0.6) is 0 Å². The fraction of sp³-hybridized carbons (Fsp3) is 0.250. The lowest BCUT2D eigenvalue weighted by molar-refractivity contribution is -0.141. The molecule has 8 heteroatoms. The summed E-state index contributed by atoms with van der Waals surface area (Å²) in [6, 6.07) is 7.06. The molecule has 1 heterocycles. The maximum atomic E-state index is 13.1. The van der Waals surface area contributed by atoms with E-state index in [-0.39, 0.29) is 23.8 Å². The number of furan rings is 1. The molecule has 1 atom stereocenters. The highest BCUT2D eigenvalue weighted by Gasteiger charge is 2.24. The highest BCUT2D eigenvalue weighted by Crippen LogP contribution is 2.11. The van der Waals surface area contributed by atoms with E-state index in [0.29, 0.717) is 5.56 Å². The maximum Gasteiger partial charge on any atom is 0.326 e. The van der Waals surface area contributed by atoms with Crippen LogP contribution in [0.15, 0.2) is 52.8 Å². The molecule has 0 spiro atoms. The molecule has 2 amide bonds. The van der Waals surface area contributed by atoms with E-state index in [4.69, 9.17) is 4.42 Å². The normalized spacial score (nSPS) is 12.5. The molecule has 28 heavy (non-hydrogen) atoms. The molecule has 0 saturated carbocycles. The number of benzene rings is 1. The van der Waals surface area contributed by atoms with Gasteiger partial charge in [-0.3, -0.25) is 9.59 Å². The minimum atomic E-state index is -1.18. The number of carbonyl (C=O) groups is 3. The van der Waals surface area contributed by atoms with Crippen molar-refractivity contribution in [3.63, 3.8) is 0 Å². The van der Waals surface area contributed by atoms with Crippen molar-refractivity contribution in [1.29, 1.82) is 0 Å². The lowest BCUT2D eigenvalue weighted by atomic mass is 10.0. The second-order valence-corrected chi connectivity index (χ2v) is 6.53. The molecule has 0 saturated heterocycles. The van der Waals surface area contributed by atoms with Gasteiger partial charge in [-0.05, 0) is 48.2 Å². The number of nitrogens with one attached hydrogen (secondary N) is 2. The molecule has 1 aromatic carbocycles. The van der Waals surface area contributed by atoms with Gasteiger partial charge in [0, 0.05) is 0 Å². The van der Waals surface area contributed by atoms with E-state index in [9.17, 15) is 23.9 Å². The summed E-state index contributed by atoms with van der Waals surface area (Å²) in [5, 5.41) is 14.1. The Kier molecular flexibility index (Phi) is 7.08. The molecule has 0 aliphatic carbocycles. The van der Waals surface area contributed by atoms with Gasteiger partial charge in [-0.25, -0.2) is 9.18 Å². The predicted molar refractivity (Wildman–Crippen MR) is 99.6 cm³/mol. The number of carboxylic acids is 1. The van der Waals surface area contributed by atoms with Gasteiger partial charge >= 0.3 is 5.97 Å². The molecule has 0 fully saturated rings. The Morgan fingerprint density at radius 1 is 1.18 bits per heavy atom. The largest absolute Gasteiger partial charge is 0.480 e. The Morgan fingerprint density at radius 2 is 1.86 bits per heavy atom. The first-order valence-electron chi connectivity index (χ1n) is 8.62. The molecule has 2 rings (SSSR count). The summed E-state index contributed by atoms with van der Waals surface area (Å²) in [5.41, 5.74) is 0.255. The second kappa shape index (κ2) is 9.50. The molecular weight excluding hydrogens is 367 g/mol. The predicted octanol–water partition coefficient (Wildman–Crippen LogP) is 2.81. The SMILES string of the molecule is CC(C)C[C@@H](NC(=O)/C(=C/c1ccc(F)cc1)NC(=O)c1ccco1)C(=O)O. The standard InChI is InChI=1S/C20H21FN2O5/c1-12(2)10-16(20(26)27)23-18(24)15(11-13-5-7-14(21)8-6-13)22-19(25)17-4-3-9-28-17/h3-9,11-12,16H,10H2,1-2H3,(H,22,25)(H,23,24)(H,26,27)/b15-11-/t16-/m1/s1. The molecule has 3 N–H and O–H groups in total. The summed E-state index contributed by atoms with van der Waals surface area (Å²) >= 11 is 0. The van der Waals surface area contributed by atoms with Crippen LogP contribution in [0.3, 0.4) is 0 Å². The second-order valence-electron chi connectivity index (χ2n) is 6.53. The first kappa shape index (κ1) is 20.9. The van der Waals surface area contributed by atoms with E-state index in [2.05, 4.69) is 10.6 Å². The van der Waals surface area contributed by atoms with Gasteiger partial charge in [-0.1, -0.05) is 26.0 Å². The van der Waals surface area contributed by atoms with Crippen molar-refractivity contribution in [2.24, 2.45) is 5.92 Å². The summed E-state index contributed by atoms with van der Waals surface area (Å²) in [4.78, 5) is 36.3. The molecule has 148 valence electrons. The van der Waals surface area contributed by atoms with Crippen molar-refractivity contribution in [3.05, 3.63) is 65.5 Å². The van der Waals surface area contributed by atoms with Crippen LogP contribution in [-0.2, 0) is 9.59 Å². The van der Waals surface area contributed by atoms with E-state index >= 15 is 0 Å². The van der Waals surface area contributed by atoms with Crippen LogP contribution < -0.4 is 10.6 Å². The third kappa shape index (κ3) is 6.08. The number of carboxylic acid groups (broad SMARTS) is 1. The van der Waals surface area contributed by atoms with Crippen LogP contribution in [0.1, 0.15) is 36.4 Å². The fourth-order valence-electron chi connectivity index (χ4n) is 2.40. The molecule has 1 aromatic heterocycles. The Morgan fingerprint density at radius 3 is 2.39 bits per heavy atom. The van der Waals surface area contributed by atoms with Gasteiger partial charge in [0.2, 0.25) is 0 Å². The number of hydrogen-bond donors (Lipinski definition) is 3. The first-order valence-corrected chi connectivity index (χ1v) is 8.62. The zero-order chi connectivity index (χ0) is 20.7. The molecule has 2 aromatic rings. The van der Waals surface area contributed by atoms with Crippen LogP contribution >= 0.6 is 0 Å². The minimum Gasteiger partial charge on any atom is -0.480 e. The van der Waals surface area contributed by atoms with E-state index in [1.807, 2.05) is 13.8 Å². The fourth-order valence-corrected chi connectivity index (χ4v) is 2.40. The van der Waals surface area contributed by atoms with Gasteiger partial charge in [0.25, 0.3) is 11.8 Å². The van der Waals surface area contributed by atoms with Crippen molar-refractivity contribution in [2.45, 2.75) is 26.3 Å². The van der Waals surface area contributed by atoms with Crippen LogP contribution in [0, 0.1) is 11.7 Å². The molecule has 0 bridgehead atoms. The summed E-state index contributed by atoms with van der Waals surface area (Å²) < 4.78 is 18.1. The Labute approximate surface area is 161 Å². The van der Waals surface area contributed by atoms with Crippen molar-refractivity contribution < 1.29 is 28.3 Å². The van der Waals surface area contributed by atoms with Crippen molar-refractivity contribution in [3.8, 4) is 0 Å². The number of carbonyl (C=O) groups excluding carboxylic acids is 2. The number of amides is 2. The molecular formula is C20H21FN2O5. The Balaban J connectivity index is 2.28. The quantitative estimate of drug-likeness (QED) is 0.603. The van der Waals surface area contributed by atoms with Gasteiger partial charge in [0.15, 0.2) is 5.76 Å². The maximum absolute atomic E-state index is 13.1. The van der Waals surface area contributed by atoms with E-state index in [1.165, 1.54) is 48.7 Å². The lowest BCUT2D eigenvalue weighted by Crippen LogP contribution is -2.44. The molecule has 0 aliphatic heterocycles. The van der Waals surface area contributed by atoms with Gasteiger partial charge in [0.05, 0.1) is 6.26 Å². The summed E-state index contributed by atoms with van der Waals surface area (Å²) in [7, 11) is 0. The topological polar surface area (TPSA) is 109 Å². The van der Waals surface area contributed by atoms with Gasteiger partial charge < -0.3 is 20.2 Å². The lowest BCUT2D eigenvalue weighted by Gasteiger charge is -2.18. The third-order valence-corrected chi connectivity index (χ3v) is 3.73. The first-order chi connectivity index (χ1) is 13.3. The van der Waals surface area contributed by atoms with Crippen molar-refractivity contribution in [2.75, 3.05) is 0 Å². The van der Waals surface area contributed by atoms with Gasteiger partial charge in [-0.2, -0.15) is 0 Å². The number of rotatable bonds is 8. The Hall–Kier alpha value is -3.42. The zero-order valence-electron chi connectivity index (χ0n) is 15.4. The average molecular weight is 388 g/mol. The number of halogens is 1. The van der Waals surface area contributed by atoms with Crippen molar-refractivity contribution in [1.82, 2.24) is 10.6 Å². The highest BCUT2D eigenvalue weighted by molar-refractivity contribution is 6.05. The Bertz CT molecular complexity index is 857. The summed E-state index contributed by atoms with van der Waals surface area (Å²) in [6.07, 6.45) is 2.85. The number of aliphatic carboxylic acids is 1. The summed E-state index contributed by atoms with van der Waals surface area (Å²) in [5.74, 6) is -3.08. The zero-order valence-corrected chi connectivity index (χ0v) is 15.4. The molecule has 0 unspecified atom stereocenters. The molecule has 0 aliphatic rings. The molecule has 0 radical (unpaired) electrons. The van der Waals surface area contributed by atoms with E-state index in [0.717, 1.165) is 0 Å². The van der Waals surface area contributed by atoms with Crippen molar-refractivity contribution >= 4 is 23.9 Å². The van der Waals surface area contributed by atoms with E-state index < -0.39 is 29.6 Å². The van der Waals surface area contributed by atoms with E-state index in [1.54, 1.807) is 0 Å². The van der Waals surface area contributed by atoms with Crippen LogP contribution in [0.25, 0.3) is 6.08 Å². The monoisotopic (exact) mass is 388 g/mol. The van der Waals surface area contributed by atoms with Crippen LogP contribution in [-0.4, -0.2) is 28.9 Å². The minimum absolute atomic E-state index is 0.0187. The van der Waals surface area contributed by atoms with Crippen LogP contribution in [0.2, 0.25) is 0 Å². The van der Waals surface area contributed by atoms with Gasteiger partial charge in [-0.15, -0.1) is 0 Å². The van der Waals surface area contributed by atoms with Gasteiger partial charge in [0.1, 0.15) is 17.6 Å². The average Bonchev–Trinajstić information content (AvgIpc) is 3.16. The summed E-state index contributed by atoms with van der Waals surface area (Å²) in [6.45, 7) is 3.66.